The summed E-state index contributed by atoms with van der Waals surface area (Å²) in [6.45, 7) is 5.94. The number of nitrogens with zero attached hydrogens (tertiary/aromatic N) is 1. The quantitative estimate of drug-likeness (QED) is 0.469. The number of hydrogen-bond acceptors (Lipinski definition) is 2. The normalized spacial score (nSPS) is 12.5. The van der Waals surface area contributed by atoms with Gasteiger partial charge in [0.1, 0.15) is 0 Å². The van der Waals surface area contributed by atoms with E-state index in [1.54, 1.807) is 0 Å². The molecule has 76 valence electrons. The number of rotatable bonds is 6. The van der Waals surface area contributed by atoms with Crippen LogP contribution in [0, 0.1) is 10.1 Å². The molecule has 0 N–H and O–H groups in total. The Balaban J connectivity index is 4.51. The fourth-order valence-corrected chi connectivity index (χ4v) is 1.42. The second kappa shape index (κ2) is 6.63. The molecule has 0 spiro atoms. The highest BCUT2D eigenvalue weighted by atomic mass is 16.6. The molecular formula is C10H19NO2. The summed E-state index contributed by atoms with van der Waals surface area (Å²) >= 11 is 0. The van der Waals surface area contributed by atoms with E-state index >= 15 is 0 Å². The predicted octanol–water partition coefficient (Wildman–Crippen LogP) is 3.53. The van der Waals surface area contributed by atoms with Crippen LogP contribution in [0.5, 0.6) is 0 Å². The van der Waals surface area contributed by atoms with Gasteiger partial charge in [-0.25, -0.2) is 0 Å². The molecule has 0 aliphatic carbocycles. The molecule has 3 nitrogen and oxygen atoms in total. The Morgan fingerprint density at radius 2 is 1.85 bits per heavy atom. The number of nitro groups is 1. The van der Waals surface area contributed by atoms with E-state index in [1.807, 2.05) is 13.8 Å². The standard InChI is InChI=1S/C10H19NO2/c1-4-7-8-9(5-2)10(6-3)11(12)13/h4-8H2,1-3H3/b10-9+. The van der Waals surface area contributed by atoms with Crippen LogP contribution < -0.4 is 0 Å². The van der Waals surface area contributed by atoms with Crippen LogP contribution in [-0.2, 0) is 0 Å². The van der Waals surface area contributed by atoms with Crippen molar-refractivity contribution in [3.8, 4) is 0 Å². The van der Waals surface area contributed by atoms with Gasteiger partial charge in [0.15, 0.2) is 0 Å². The minimum atomic E-state index is -0.228. The Kier molecular flexibility index (Phi) is 6.20. The summed E-state index contributed by atoms with van der Waals surface area (Å²) in [6, 6.07) is 0. The molecule has 0 atom stereocenters. The number of unbranched alkanes of at least 4 members (excludes halogenated alkanes) is 1. The summed E-state index contributed by atoms with van der Waals surface area (Å²) in [6.07, 6.45) is 4.39. The molecule has 0 aromatic carbocycles. The van der Waals surface area contributed by atoms with Crippen LogP contribution in [0.15, 0.2) is 11.3 Å². The van der Waals surface area contributed by atoms with E-state index in [9.17, 15) is 10.1 Å². The molecule has 0 saturated carbocycles. The van der Waals surface area contributed by atoms with E-state index in [1.165, 1.54) is 0 Å². The molecule has 13 heavy (non-hydrogen) atoms. The van der Waals surface area contributed by atoms with Crippen LogP contribution in [0.3, 0.4) is 0 Å². The molecule has 0 aliphatic heterocycles. The van der Waals surface area contributed by atoms with Crippen molar-refractivity contribution in [3.63, 3.8) is 0 Å². The second-order valence-corrected chi connectivity index (χ2v) is 3.12. The zero-order valence-corrected chi connectivity index (χ0v) is 8.80. The van der Waals surface area contributed by atoms with Crippen LogP contribution >= 0.6 is 0 Å². The van der Waals surface area contributed by atoms with Crippen LogP contribution in [-0.4, -0.2) is 4.92 Å². The lowest BCUT2D eigenvalue weighted by Gasteiger charge is -2.04. The van der Waals surface area contributed by atoms with E-state index < -0.39 is 0 Å². The summed E-state index contributed by atoms with van der Waals surface area (Å²) in [5.41, 5.74) is 1.45. The molecule has 0 aliphatic rings. The third-order valence-corrected chi connectivity index (χ3v) is 2.22. The smallest absolute Gasteiger partial charge is 0.245 e. The average molecular weight is 185 g/mol. The average Bonchev–Trinajstić information content (AvgIpc) is 2.11. The Morgan fingerprint density at radius 1 is 1.23 bits per heavy atom. The van der Waals surface area contributed by atoms with E-state index in [4.69, 9.17) is 0 Å². The Labute approximate surface area is 80.0 Å². The van der Waals surface area contributed by atoms with Crippen LogP contribution in [0.1, 0.15) is 52.9 Å². The van der Waals surface area contributed by atoms with E-state index in [0.29, 0.717) is 12.1 Å². The van der Waals surface area contributed by atoms with Crippen molar-refractivity contribution in [2.75, 3.05) is 0 Å². The molecule has 0 fully saturated rings. The number of hydrogen-bond donors (Lipinski definition) is 0. The van der Waals surface area contributed by atoms with Gasteiger partial charge in [-0.3, -0.25) is 10.1 Å². The lowest BCUT2D eigenvalue weighted by Crippen LogP contribution is -2.02. The second-order valence-electron chi connectivity index (χ2n) is 3.12. The maximum Gasteiger partial charge on any atom is 0.245 e. The minimum absolute atomic E-state index is 0.228. The zero-order valence-electron chi connectivity index (χ0n) is 8.80. The monoisotopic (exact) mass is 185 g/mol. The van der Waals surface area contributed by atoms with Crippen molar-refractivity contribution < 1.29 is 4.92 Å². The van der Waals surface area contributed by atoms with E-state index in [0.717, 1.165) is 31.3 Å². The van der Waals surface area contributed by atoms with Crippen LogP contribution in [0.2, 0.25) is 0 Å². The van der Waals surface area contributed by atoms with Crippen molar-refractivity contribution in [2.45, 2.75) is 52.9 Å². The summed E-state index contributed by atoms with van der Waals surface area (Å²) in [5, 5.41) is 10.6. The van der Waals surface area contributed by atoms with Gasteiger partial charge in [0.25, 0.3) is 0 Å². The van der Waals surface area contributed by atoms with Crippen molar-refractivity contribution in [3.05, 3.63) is 21.4 Å². The SMILES string of the molecule is CCCC/C(CC)=C(\CC)[N+](=O)[O-]. The van der Waals surface area contributed by atoms with Gasteiger partial charge in [-0.15, -0.1) is 0 Å². The lowest BCUT2D eigenvalue weighted by molar-refractivity contribution is -0.429. The maximum atomic E-state index is 10.6. The third kappa shape index (κ3) is 4.06. The molecule has 0 heterocycles. The Bertz CT molecular complexity index is 197. The fourth-order valence-electron chi connectivity index (χ4n) is 1.42. The van der Waals surface area contributed by atoms with Gasteiger partial charge in [-0.2, -0.15) is 0 Å². The van der Waals surface area contributed by atoms with E-state index in [2.05, 4.69) is 6.92 Å². The molecule has 0 aromatic heterocycles. The highest BCUT2D eigenvalue weighted by Gasteiger charge is 2.13. The van der Waals surface area contributed by atoms with Gasteiger partial charge in [0, 0.05) is 12.0 Å². The van der Waals surface area contributed by atoms with Crippen molar-refractivity contribution in [1.82, 2.24) is 0 Å². The lowest BCUT2D eigenvalue weighted by atomic mass is 10.0. The highest BCUT2D eigenvalue weighted by molar-refractivity contribution is 5.06. The molecular weight excluding hydrogens is 166 g/mol. The van der Waals surface area contributed by atoms with Gasteiger partial charge in [0.05, 0.1) is 4.92 Å². The van der Waals surface area contributed by atoms with E-state index in [-0.39, 0.29) is 4.92 Å². The van der Waals surface area contributed by atoms with Gasteiger partial charge in [-0.05, 0) is 19.3 Å². The zero-order chi connectivity index (χ0) is 10.3. The molecule has 0 radical (unpaired) electrons. The van der Waals surface area contributed by atoms with Gasteiger partial charge >= 0.3 is 0 Å². The molecule has 0 rings (SSSR count). The Morgan fingerprint density at radius 3 is 2.15 bits per heavy atom. The minimum Gasteiger partial charge on any atom is -0.259 e. The van der Waals surface area contributed by atoms with Crippen molar-refractivity contribution in [2.24, 2.45) is 0 Å². The van der Waals surface area contributed by atoms with Crippen molar-refractivity contribution in [1.29, 1.82) is 0 Å². The summed E-state index contributed by atoms with van der Waals surface area (Å²) in [7, 11) is 0. The number of allylic oxidation sites excluding steroid dienone is 2. The summed E-state index contributed by atoms with van der Waals surface area (Å²) < 4.78 is 0. The summed E-state index contributed by atoms with van der Waals surface area (Å²) in [5.74, 6) is 0. The molecule has 0 bridgehead atoms. The van der Waals surface area contributed by atoms with Crippen molar-refractivity contribution >= 4 is 0 Å². The van der Waals surface area contributed by atoms with Crippen LogP contribution in [0.25, 0.3) is 0 Å². The fraction of sp³-hybridized carbons (Fsp3) is 0.800. The van der Waals surface area contributed by atoms with Gasteiger partial charge in [-0.1, -0.05) is 27.2 Å². The molecule has 0 aromatic rings. The first-order chi connectivity index (χ1) is 6.17. The molecule has 0 saturated heterocycles. The first-order valence-electron chi connectivity index (χ1n) is 5.02. The predicted molar refractivity (Wildman–Crippen MR) is 54.1 cm³/mol. The van der Waals surface area contributed by atoms with Gasteiger partial charge in [0.2, 0.25) is 5.70 Å². The van der Waals surface area contributed by atoms with Crippen LogP contribution in [0.4, 0.5) is 0 Å². The first kappa shape index (κ1) is 12.1. The largest absolute Gasteiger partial charge is 0.259 e. The maximum absolute atomic E-state index is 10.6. The third-order valence-electron chi connectivity index (χ3n) is 2.22. The topological polar surface area (TPSA) is 43.1 Å². The molecule has 3 heteroatoms. The first-order valence-corrected chi connectivity index (χ1v) is 5.02. The Hall–Kier alpha value is -0.860. The molecule has 0 unspecified atom stereocenters. The molecule has 0 amide bonds. The highest BCUT2D eigenvalue weighted by Crippen LogP contribution is 2.18. The van der Waals surface area contributed by atoms with Gasteiger partial charge < -0.3 is 0 Å². The summed E-state index contributed by atoms with van der Waals surface area (Å²) in [4.78, 5) is 10.4.